The van der Waals surface area contributed by atoms with Crippen molar-refractivity contribution in [1.82, 2.24) is 9.80 Å². The zero-order chi connectivity index (χ0) is 25.8. The number of halogens is 3. The van der Waals surface area contributed by atoms with Crippen LogP contribution in [0.3, 0.4) is 0 Å². The van der Waals surface area contributed by atoms with Gasteiger partial charge in [0.05, 0.1) is 19.3 Å². The van der Waals surface area contributed by atoms with Gasteiger partial charge in [-0.2, -0.15) is 8.78 Å². The minimum Gasteiger partial charge on any atom is -0.440 e. The molecule has 1 amide bonds. The Bertz CT molecular complexity index is 1040. The largest absolute Gasteiger partial charge is 0.440 e. The molecule has 3 saturated heterocycles. The normalized spacial score (nSPS) is 22.2. The summed E-state index contributed by atoms with van der Waals surface area (Å²) in [6.45, 7) is 1.01. The molecule has 200 valence electrons. The third-order valence-corrected chi connectivity index (χ3v) is 7.43. The Morgan fingerprint density at radius 3 is 2.27 bits per heavy atom. The first-order chi connectivity index (χ1) is 17.9. The van der Waals surface area contributed by atoms with Crippen molar-refractivity contribution in [2.45, 2.75) is 56.8 Å². The van der Waals surface area contributed by atoms with Crippen LogP contribution in [0, 0.1) is 5.82 Å². The fourth-order valence-electron chi connectivity index (χ4n) is 5.45. The number of nitrogens with zero attached hydrogens (tertiary/aromatic N) is 2. The summed E-state index contributed by atoms with van der Waals surface area (Å²) in [5.74, 6) is -0.258. The highest BCUT2D eigenvalue weighted by molar-refractivity contribution is 5.72. The number of rotatable bonds is 9. The first-order valence-corrected chi connectivity index (χ1v) is 12.6. The molecule has 0 aliphatic carbocycles. The molecule has 37 heavy (non-hydrogen) atoms. The maximum Gasteiger partial charge on any atom is 0.411 e. The Hall–Kier alpha value is -2.82. The summed E-state index contributed by atoms with van der Waals surface area (Å²) in [6, 6.07) is 12.3. The zero-order valence-electron chi connectivity index (χ0n) is 20.5. The van der Waals surface area contributed by atoms with Crippen LogP contribution < -0.4 is 4.74 Å². The van der Waals surface area contributed by atoms with Crippen molar-refractivity contribution in [2.75, 3.05) is 32.8 Å². The standard InChI is InChI=1S/C27H31F3N2O5/c28-21-5-1-19(2-6-21)17-23-27(10-13-31(14-11-27)12-9-24-34-15-16-35-24)37-26(33)32(23)18-20-3-7-22(8-4-20)36-25(29)30/h1-8,23-25H,9-18H2. The number of hydrogen-bond donors (Lipinski definition) is 0. The molecular formula is C27H31F3N2O5. The van der Waals surface area contributed by atoms with Crippen LogP contribution in [0.25, 0.3) is 0 Å². The van der Waals surface area contributed by atoms with Crippen LogP contribution in [0.5, 0.6) is 5.75 Å². The summed E-state index contributed by atoms with van der Waals surface area (Å²) in [4.78, 5) is 17.2. The van der Waals surface area contributed by atoms with Crippen LogP contribution in [0.2, 0.25) is 0 Å². The average molecular weight is 521 g/mol. The molecule has 0 N–H and O–H groups in total. The van der Waals surface area contributed by atoms with Crippen LogP contribution in [0.1, 0.15) is 30.4 Å². The van der Waals surface area contributed by atoms with E-state index in [1.54, 1.807) is 29.2 Å². The SMILES string of the molecule is O=C1OC2(CCN(CCC3OCCO3)CC2)C(Cc2ccc(F)cc2)N1Cc1ccc(OC(F)F)cc1. The molecule has 2 aromatic carbocycles. The Balaban J connectivity index is 1.30. The molecule has 0 aromatic heterocycles. The van der Waals surface area contributed by atoms with Crippen LogP contribution in [-0.4, -0.2) is 73.3 Å². The number of carbonyl (C=O) groups excluding carboxylic acids is 1. The molecule has 10 heteroatoms. The molecule has 7 nitrogen and oxygen atoms in total. The molecular weight excluding hydrogens is 489 g/mol. The molecule has 1 unspecified atom stereocenters. The van der Waals surface area contributed by atoms with Crippen molar-refractivity contribution in [1.29, 1.82) is 0 Å². The van der Waals surface area contributed by atoms with Crippen LogP contribution in [0.4, 0.5) is 18.0 Å². The minimum atomic E-state index is -2.90. The Kier molecular flexibility index (Phi) is 7.87. The smallest absolute Gasteiger partial charge is 0.411 e. The molecule has 3 heterocycles. The molecule has 3 aliphatic heterocycles. The van der Waals surface area contributed by atoms with Crippen molar-refractivity contribution < 1.29 is 36.9 Å². The number of benzene rings is 2. The summed E-state index contributed by atoms with van der Waals surface area (Å²) in [5.41, 5.74) is 1.02. The second-order valence-electron chi connectivity index (χ2n) is 9.73. The van der Waals surface area contributed by atoms with E-state index in [1.807, 2.05) is 0 Å². The van der Waals surface area contributed by atoms with E-state index in [9.17, 15) is 18.0 Å². The van der Waals surface area contributed by atoms with Gasteiger partial charge in [-0.15, -0.1) is 0 Å². The molecule has 5 rings (SSSR count). The van der Waals surface area contributed by atoms with Crippen molar-refractivity contribution in [3.8, 4) is 5.75 Å². The lowest BCUT2D eigenvalue weighted by Crippen LogP contribution is -2.53. The Labute approximate surface area is 214 Å². The monoisotopic (exact) mass is 520 g/mol. The lowest BCUT2D eigenvalue weighted by molar-refractivity contribution is -0.0602. The highest BCUT2D eigenvalue weighted by atomic mass is 19.3. The minimum absolute atomic E-state index is 0.0582. The zero-order valence-corrected chi connectivity index (χ0v) is 20.5. The fraction of sp³-hybridized carbons (Fsp3) is 0.519. The second-order valence-corrected chi connectivity index (χ2v) is 9.73. The van der Waals surface area contributed by atoms with E-state index in [2.05, 4.69) is 9.64 Å². The van der Waals surface area contributed by atoms with Gasteiger partial charge in [-0.25, -0.2) is 9.18 Å². The number of carbonyl (C=O) groups is 1. The van der Waals surface area contributed by atoms with E-state index in [-0.39, 0.29) is 30.4 Å². The van der Waals surface area contributed by atoms with E-state index >= 15 is 0 Å². The van der Waals surface area contributed by atoms with Crippen molar-refractivity contribution in [2.24, 2.45) is 0 Å². The predicted molar refractivity (Wildman–Crippen MR) is 128 cm³/mol. The number of likely N-dealkylation sites (tertiary alicyclic amines) is 1. The lowest BCUT2D eigenvalue weighted by Gasteiger charge is -2.42. The predicted octanol–water partition coefficient (Wildman–Crippen LogP) is 4.59. The van der Waals surface area contributed by atoms with Gasteiger partial charge >= 0.3 is 12.7 Å². The molecule has 3 fully saturated rings. The van der Waals surface area contributed by atoms with E-state index in [1.165, 1.54) is 24.3 Å². The van der Waals surface area contributed by atoms with E-state index in [0.29, 0.717) is 32.5 Å². The van der Waals surface area contributed by atoms with Gasteiger partial charge in [0.15, 0.2) is 6.29 Å². The molecule has 1 spiro atoms. The van der Waals surface area contributed by atoms with Crippen molar-refractivity contribution in [3.05, 3.63) is 65.5 Å². The first-order valence-electron chi connectivity index (χ1n) is 12.6. The fourth-order valence-corrected chi connectivity index (χ4v) is 5.45. The maximum absolute atomic E-state index is 13.5. The molecule has 1 atom stereocenters. The summed E-state index contributed by atoms with van der Waals surface area (Å²) in [7, 11) is 0. The summed E-state index contributed by atoms with van der Waals surface area (Å²) < 4.78 is 60.2. The Morgan fingerprint density at radius 1 is 0.973 bits per heavy atom. The molecule has 0 radical (unpaired) electrons. The van der Waals surface area contributed by atoms with E-state index in [4.69, 9.17) is 14.2 Å². The highest BCUT2D eigenvalue weighted by Crippen LogP contribution is 2.41. The summed E-state index contributed by atoms with van der Waals surface area (Å²) in [5, 5.41) is 0. The number of ether oxygens (including phenoxy) is 4. The topological polar surface area (TPSA) is 60.5 Å². The van der Waals surface area contributed by atoms with Crippen LogP contribution >= 0.6 is 0 Å². The van der Waals surface area contributed by atoms with Crippen LogP contribution in [0.15, 0.2) is 48.5 Å². The molecule has 0 bridgehead atoms. The molecule has 0 saturated carbocycles. The third kappa shape index (κ3) is 6.19. The highest BCUT2D eigenvalue weighted by Gasteiger charge is 2.54. The van der Waals surface area contributed by atoms with Crippen LogP contribution in [-0.2, 0) is 27.2 Å². The van der Waals surface area contributed by atoms with Gasteiger partial charge in [0.25, 0.3) is 0 Å². The van der Waals surface area contributed by atoms with Gasteiger partial charge < -0.3 is 23.8 Å². The average Bonchev–Trinajstić information content (AvgIpc) is 3.49. The number of amides is 1. The van der Waals surface area contributed by atoms with E-state index < -0.39 is 18.3 Å². The quantitative estimate of drug-likeness (QED) is 0.482. The van der Waals surface area contributed by atoms with E-state index in [0.717, 1.165) is 37.2 Å². The second kappa shape index (κ2) is 11.3. The number of piperidine rings is 1. The maximum atomic E-state index is 13.5. The van der Waals surface area contributed by atoms with Gasteiger partial charge in [-0.1, -0.05) is 24.3 Å². The number of hydrogen-bond acceptors (Lipinski definition) is 6. The number of alkyl halides is 2. The van der Waals surface area contributed by atoms with Gasteiger partial charge in [0.1, 0.15) is 17.2 Å². The molecule has 3 aliphatic rings. The van der Waals surface area contributed by atoms with Gasteiger partial charge in [0, 0.05) is 45.4 Å². The van der Waals surface area contributed by atoms with Crippen molar-refractivity contribution in [3.63, 3.8) is 0 Å². The lowest BCUT2D eigenvalue weighted by atomic mass is 9.81. The third-order valence-electron chi connectivity index (χ3n) is 7.43. The summed E-state index contributed by atoms with van der Waals surface area (Å²) >= 11 is 0. The first kappa shape index (κ1) is 25.8. The summed E-state index contributed by atoms with van der Waals surface area (Å²) in [6.07, 6.45) is 2.11. The van der Waals surface area contributed by atoms with Crippen molar-refractivity contribution >= 4 is 6.09 Å². The van der Waals surface area contributed by atoms with Gasteiger partial charge in [-0.3, -0.25) is 4.90 Å². The molecule has 2 aromatic rings. The Morgan fingerprint density at radius 2 is 1.62 bits per heavy atom. The van der Waals surface area contributed by atoms with Gasteiger partial charge in [-0.05, 0) is 41.8 Å². The van der Waals surface area contributed by atoms with Gasteiger partial charge in [0.2, 0.25) is 0 Å².